The van der Waals surface area contributed by atoms with E-state index in [-0.39, 0.29) is 11.8 Å². The third-order valence-corrected chi connectivity index (χ3v) is 2.74. The van der Waals surface area contributed by atoms with Crippen molar-refractivity contribution < 1.29 is 14.3 Å². The molecule has 0 aromatic heterocycles. The second-order valence-corrected chi connectivity index (χ2v) is 5.06. The van der Waals surface area contributed by atoms with Gasteiger partial charge < -0.3 is 4.74 Å². The Balaban J connectivity index is 2.51. The molecule has 0 aliphatic carbocycles. The molecule has 3 nitrogen and oxygen atoms in total. The summed E-state index contributed by atoms with van der Waals surface area (Å²) in [5.74, 6) is -1.00. The van der Waals surface area contributed by atoms with Gasteiger partial charge in [0.05, 0.1) is 12.0 Å². The van der Waals surface area contributed by atoms with Gasteiger partial charge in [-0.2, -0.15) is 0 Å². The van der Waals surface area contributed by atoms with Crippen molar-refractivity contribution in [3.05, 3.63) is 34.9 Å². The predicted molar refractivity (Wildman–Crippen MR) is 59.3 cm³/mol. The molecule has 0 fully saturated rings. The Morgan fingerprint density at radius 1 is 1.19 bits per heavy atom. The van der Waals surface area contributed by atoms with Gasteiger partial charge in [-0.3, -0.25) is 4.79 Å². The summed E-state index contributed by atoms with van der Waals surface area (Å²) >= 11 is 0. The maximum absolute atomic E-state index is 11.5. The normalized spacial score (nSPS) is 15.7. The van der Waals surface area contributed by atoms with Crippen molar-refractivity contribution >= 4 is 11.9 Å². The first kappa shape index (κ1) is 10.9. The van der Waals surface area contributed by atoms with Crippen molar-refractivity contribution in [1.82, 2.24) is 0 Å². The lowest BCUT2D eigenvalue weighted by atomic mass is 9.84. The van der Waals surface area contributed by atoms with E-state index in [1.54, 1.807) is 0 Å². The lowest BCUT2D eigenvalue weighted by molar-refractivity contribution is -0.137. The van der Waals surface area contributed by atoms with Crippen LogP contribution in [0.25, 0.3) is 0 Å². The molecule has 0 bridgehead atoms. The van der Waals surface area contributed by atoms with Crippen LogP contribution in [0.4, 0.5) is 0 Å². The highest BCUT2D eigenvalue weighted by atomic mass is 16.6. The van der Waals surface area contributed by atoms with Gasteiger partial charge >= 0.3 is 11.9 Å². The topological polar surface area (TPSA) is 43.4 Å². The van der Waals surface area contributed by atoms with Gasteiger partial charge in [-0.15, -0.1) is 0 Å². The summed E-state index contributed by atoms with van der Waals surface area (Å²) in [5.41, 5.74) is 2.33. The fourth-order valence-corrected chi connectivity index (χ4v) is 1.74. The molecule has 0 radical (unpaired) electrons. The summed E-state index contributed by atoms with van der Waals surface area (Å²) < 4.78 is 4.60. The molecule has 1 aliphatic rings. The average molecular weight is 218 g/mol. The highest BCUT2D eigenvalue weighted by Crippen LogP contribution is 2.26. The number of carbonyl (C=O) groups excluding carboxylic acids is 2. The number of hydrogen-bond acceptors (Lipinski definition) is 3. The summed E-state index contributed by atoms with van der Waals surface area (Å²) in [4.78, 5) is 22.6. The van der Waals surface area contributed by atoms with E-state index < -0.39 is 11.9 Å². The molecule has 0 atom stereocenters. The summed E-state index contributed by atoms with van der Waals surface area (Å²) in [5, 5.41) is 0. The molecule has 2 rings (SSSR count). The van der Waals surface area contributed by atoms with Crippen molar-refractivity contribution in [2.24, 2.45) is 0 Å². The van der Waals surface area contributed by atoms with E-state index in [2.05, 4.69) is 25.5 Å². The number of rotatable bonds is 0. The minimum absolute atomic E-state index is 0.0171. The van der Waals surface area contributed by atoms with Crippen LogP contribution < -0.4 is 0 Å². The standard InChI is InChI=1S/C13H14O3/c1-13(2,3)9-5-4-8-6-11(14)16-12(15)10(8)7-9/h4-5,7H,6H2,1-3H3. The minimum Gasteiger partial charge on any atom is -0.389 e. The molecule has 84 valence electrons. The monoisotopic (exact) mass is 218 g/mol. The van der Waals surface area contributed by atoms with Gasteiger partial charge in [0.25, 0.3) is 0 Å². The van der Waals surface area contributed by atoms with Crippen molar-refractivity contribution in [3.63, 3.8) is 0 Å². The molecular weight excluding hydrogens is 204 g/mol. The van der Waals surface area contributed by atoms with Gasteiger partial charge in [0.2, 0.25) is 0 Å². The molecule has 0 amide bonds. The highest BCUT2D eigenvalue weighted by molar-refractivity contribution is 6.02. The maximum Gasteiger partial charge on any atom is 0.346 e. The zero-order valence-electron chi connectivity index (χ0n) is 9.66. The molecule has 1 aromatic rings. The first-order chi connectivity index (χ1) is 7.38. The van der Waals surface area contributed by atoms with Gasteiger partial charge in [0.1, 0.15) is 0 Å². The summed E-state index contributed by atoms with van der Waals surface area (Å²) in [6, 6.07) is 5.63. The van der Waals surface area contributed by atoms with Gasteiger partial charge in [-0.1, -0.05) is 32.9 Å². The van der Waals surface area contributed by atoms with Crippen LogP contribution in [0.5, 0.6) is 0 Å². The Labute approximate surface area is 94.4 Å². The van der Waals surface area contributed by atoms with Gasteiger partial charge in [-0.05, 0) is 22.6 Å². The van der Waals surface area contributed by atoms with E-state index in [1.807, 2.05) is 18.2 Å². The molecule has 16 heavy (non-hydrogen) atoms. The Morgan fingerprint density at radius 3 is 2.50 bits per heavy atom. The molecule has 1 aliphatic heterocycles. The summed E-state index contributed by atoms with van der Waals surface area (Å²) in [6.07, 6.45) is 0.186. The van der Waals surface area contributed by atoms with Gasteiger partial charge in [-0.25, -0.2) is 4.79 Å². The molecular formula is C13H14O3. The average Bonchev–Trinajstić information content (AvgIpc) is 2.15. The van der Waals surface area contributed by atoms with Crippen LogP contribution >= 0.6 is 0 Å². The third-order valence-electron chi connectivity index (χ3n) is 2.74. The second-order valence-electron chi connectivity index (χ2n) is 5.06. The zero-order chi connectivity index (χ0) is 11.9. The number of hydrogen-bond donors (Lipinski definition) is 0. The van der Waals surface area contributed by atoms with Crippen molar-refractivity contribution in [2.75, 3.05) is 0 Å². The minimum atomic E-state index is -0.530. The lowest BCUT2D eigenvalue weighted by Crippen LogP contribution is -2.24. The van der Waals surface area contributed by atoms with Crippen LogP contribution in [0.1, 0.15) is 42.3 Å². The van der Waals surface area contributed by atoms with E-state index in [9.17, 15) is 9.59 Å². The molecule has 0 saturated heterocycles. The zero-order valence-corrected chi connectivity index (χ0v) is 9.66. The smallest absolute Gasteiger partial charge is 0.346 e. The molecule has 3 heteroatoms. The van der Waals surface area contributed by atoms with Gasteiger partial charge in [0.15, 0.2) is 0 Å². The number of carbonyl (C=O) groups is 2. The van der Waals surface area contributed by atoms with Crippen LogP contribution in [-0.4, -0.2) is 11.9 Å². The van der Waals surface area contributed by atoms with Gasteiger partial charge in [0, 0.05) is 0 Å². The number of ether oxygens (including phenoxy) is 1. The molecule has 1 aromatic carbocycles. The Bertz CT molecular complexity index is 467. The Kier molecular flexibility index (Phi) is 2.34. The van der Waals surface area contributed by atoms with Crippen molar-refractivity contribution in [2.45, 2.75) is 32.6 Å². The fraction of sp³-hybridized carbons (Fsp3) is 0.385. The van der Waals surface area contributed by atoms with Crippen LogP contribution in [0.15, 0.2) is 18.2 Å². The fourth-order valence-electron chi connectivity index (χ4n) is 1.74. The second kappa shape index (κ2) is 3.44. The predicted octanol–water partition coefficient (Wildman–Crippen LogP) is 2.22. The maximum atomic E-state index is 11.5. The number of fused-ring (bicyclic) bond motifs is 1. The molecule has 1 heterocycles. The van der Waals surface area contributed by atoms with E-state index in [0.29, 0.717) is 5.56 Å². The van der Waals surface area contributed by atoms with Crippen LogP contribution in [-0.2, 0) is 21.4 Å². The first-order valence-electron chi connectivity index (χ1n) is 5.26. The summed E-state index contributed by atoms with van der Waals surface area (Å²) in [6.45, 7) is 6.23. The first-order valence-corrected chi connectivity index (χ1v) is 5.26. The van der Waals surface area contributed by atoms with Crippen molar-refractivity contribution in [3.8, 4) is 0 Å². The number of cyclic esters (lactones) is 2. The molecule has 0 unspecified atom stereocenters. The number of esters is 2. The van der Waals surface area contributed by atoms with E-state index >= 15 is 0 Å². The van der Waals surface area contributed by atoms with E-state index in [0.717, 1.165) is 11.1 Å². The molecule has 0 spiro atoms. The molecule has 0 saturated carbocycles. The SMILES string of the molecule is CC(C)(C)c1ccc2c(c1)C(=O)OC(=O)C2. The Hall–Kier alpha value is -1.64. The molecule has 0 N–H and O–H groups in total. The quantitative estimate of drug-likeness (QED) is 0.495. The van der Waals surface area contributed by atoms with Crippen LogP contribution in [0.3, 0.4) is 0 Å². The van der Waals surface area contributed by atoms with Crippen molar-refractivity contribution in [1.29, 1.82) is 0 Å². The van der Waals surface area contributed by atoms with E-state index in [4.69, 9.17) is 0 Å². The van der Waals surface area contributed by atoms with E-state index in [1.165, 1.54) is 0 Å². The lowest BCUT2D eigenvalue weighted by Gasteiger charge is -2.22. The highest BCUT2D eigenvalue weighted by Gasteiger charge is 2.26. The third kappa shape index (κ3) is 1.85. The summed E-state index contributed by atoms with van der Waals surface area (Å²) in [7, 11) is 0. The largest absolute Gasteiger partial charge is 0.389 e. The van der Waals surface area contributed by atoms with Crippen LogP contribution in [0.2, 0.25) is 0 Å². The van der Waals surface area contributed by atoms with Crippen LogP contribution in [0, 0.1) is 0 Å². The Morgan fingerprint density at radius 2 is 1.88 bits per heavy atom. The number of benzene rings is 1.